The first-order valence-electron chi connectivity index (χ1n) is 10.2. The lowest BCUT2D eigenvalue weighted by molar-refractivity contribution is 0.173. The van der Waals surface area contributed by atoms with Gasteiger partial charge in [-0.3, -0.25) is 9.58 Å². The van der Waals surface area contributed by atoms with Gasteiger partial charge in [-0.25, -0.2) is 0 Å². The quantitative estimate of drug-likeness (QED) is 0.812. The monoisotopic (exact) mass is 368 g/mol. The van der Waals surface area contributed by atoms with Crippen LogP contribution in [0, 0.1) is 5.92 Å². The molecule has 5 rings (SSSR count). The third-order valence-corrected chi connectivity index (χ3v) is 6.03. The first-order valence-corrected chi connectivity index (χ1v) is 10.2. The first-order chi connectivity index (χ1) is 13.3. The molecule has 0 aliphatic carbocycles. The molecule has 1 atom stereocenters. The van der Waals surface area contributed by atoms with E-state index in [9.17, 15) is 0 Å². The topological polar surface area (TPSA) is 42.8 Å². The van der Waals surface area contributed by atoms with Gasteiger partial charge in [-0.05, 0) is 68.6 Å². The molecule has 1 fully saturated rings. The van der Waals surface area contributed by atoms with E-state index in [1.165, 1.54) is 50.2 Å². The molecule has 3 aliphatic rings. The minimum atomic E-state index is 0.334. The molecule has 4 heterocycles. The highest BCUT2D eigenvalue weighted by Crippen LogP contribution is 2.33. The average molecular weight is 368 g/mol. The van der Waals surface area contributed by atoms with Gasteiger partial charge in [-0.15, -0.1) is 0 Å². The van der Waals surface area contributed by atoms with Crippen LogP contribution in [0.15, 0.2) is 30.5 Å². The van der Waals surface area contributed by atoms with Gasteiger partial charge in [0.05, 0.1) is 5.69 Å². The molecule has 0 radical (unpaired) electrons. The fourth-order valence-electron chi connectivity index (χ4n) is 4.59. The summed E-state index contributed by atoms with van der Waals surface area (Å²) in [4.78, 5) is 5.18. The minimum absolute atomic E-state index is 0.334. The van der Waals surface area contributed by atoms with Crippen LogP contribution in [0.25, 0.3) is 0 Å². The molecular weight excluding hydrogens is 340 g/mol. The highest BCUT2D eigenvalue weighted by atomic mass is 16.7. The molecule has 3 aliphatic heterocycles. The van der Waals surface area contributed by atoms with Gasteiger partial charge in [0.1, 0.15) is 0 Å². The van der Waals surface area contributed by atoms with Crippen molar-refractivity contribution in [2.75, 3.05) is 33.0 Å². The van der Waals surface area contributed by atoms with E-state index in [1.807, 2.05) is 12.3 Å². The Balaban J connectivity index is 1.29. The number of aromatic nitrogens is 2. The van der Waals surface area contributed by atoms with E-state index in [4.69, 9.17) is 9.47 Å². The van der Waals surface area contributed by atoms with Crippen LogP contribution < -0.4 is 9.47 Å². The van der Waals surface area contributed by atoms with Gasteiger partial charge < -0.3 is 14.4 Å². The summed E-state index contributed by atoms with van der Waals surface area (Å²) in [6, 6.07) is 8.48. The lowest BCUT2D eigenvalue weighted by Gasteiger charge is -2.25. The smallest absolute Gasteiger partial charge is 0.231 e. The van der Waals surface area contributed by atoms with E-state index < -0.39 is 0 Å². The first kappa shape index (κ1) is 17.1. The van der Waals surface area contributed by atoms with Crippen LogP contribution in [0.1, 0.15) is 30.5 Å². The summed E-state index contributed by atoms with van der Waals surface area (Å²) >= 11 is 0. The molecule has 144 valence electrons. The zero-order chi connectivity index (χ0) is 18.1. The van der Waals surface area contributed by atoms with Crippen LogP contribution in [0.3, 0.4) is 0 Å². The van der Waals surface area contributed by atoms with Crippen molar-refractivity contribution < 1.29 is 9.47 Å². The Morgan fingerprint density at radius 1 is 1.00 bits per heavy atom. The molecule has 1 aromatic carbocycles. The Morgan fingerprint density at radius 2 is 1.89 bits per heavy atom. The van der Waals surface area contributed by atoms with Crippen molar-refractivity contribution in [3.63, 3.8) is 0 Å². The maximum absolute atomic E-state index is 5.55. The van der Waals surface area contributed by atoms with E-state index in [0.29, 0.717) is 12.7 Å². The van der Waals surface area contributed by atoms with E-state index >= 15 is 0 Å². The highest BCUT2D eigenvalue weighted by Gasteiger charge is 2.24. The fraction of sp³-hybridized carbons (Fsp3) is 0.571. The second kappa shape index (κ2) is 7.52. The summed E-state index contributed by atoms with van der Waals surface area (Å²) in [6.07, 6.45) is 5.92. The highest BCUT2D eigenvalue weighted by molar-refractivity contribution is 5.44. The van der Waals surface area contributed by atoms with Crippen molar-refractivity contribution >= 4 is 0 Å². The van der Waals surface area contributed by atoms with Crippen molar-refractivity contribution in [3.05, 3.63) is 41.7 Å². The van der Waals surface area contributed by atoms with Crippen LogP contribution in [-0.2, 0) is 19.6 Å². The van der Waals surface area contributed by atoms with Crippen molar-refractivity contribution in [2.45, 2.75) is 38.9 Å². The largest absolute Gasteiger partial charge is 0.454 e. The van der Waals surface area contributed by atoms with Crippen LogP contribution in [0.5, 0.6) is 11.5 Å². The SMILES string of the molecule is c1cc2n(n1)C[C@@H](CCN1CCCC1)CN(Cc1ccc3c(c1)OCO3)C2. The number of likely N-dealkylation sites (tertiary alicyclic amines) is 1. The predicted octanol–water partition coefficient (Wildman–Crippen LogP) is 2.73. The predicted molar refractivity (Wildman–Crippen MR) is 103 cm³/mol. The van der Waals surface area contributed by atoms with Gasteiger partial charge in [-0.1, -0.05) is 6.07 Å². The maximum atomic E-state index is 5.55. The number of nitrogens with zero attached hydrogens (tertiary/aromatic N) is 4. The third-order valence-electron chi connectivity index (χ3n) is 6.03. The lowest BCUT2D eigenvalue weighted by Crippen LogP contribution is -2.30. The van der Waals surface area contributed by atoms with Crippen LogP contribution in [0.4, 0.5) is 0 Å². The lowest BCUT2D eigenvalue weighted by atomic mass is 10.0. The van der Waals surface area contributed by atoms with E-state index in [0.717, 1.165) is 37.7 Å². The Morgan fingerprint density at radius 3 is 2.81 bits per heavy atom. The number of ether oxygens (including phenoxy) is 2. The summed E-state index contributed by atoms with van der Waals surface area (Å²) in [6.45, 7) is 8.15. The molecule has 0 N–H and O–H groups in total. The van der Waals surface area contributed by atoms with E-state index in [2.05, 4.69) is 37.8 Å². The molecule has 0 bridgehead atoms. The van der Waals surface area contributed by atoms with Gasteiger partial charge in [0.2, 0.25) is 6.79 Å². The van der Waals surface area contributed by atoms with Gasteiger partial charge in [0, 0.05) is 32.4 Å². The van der Waals surface area contributed by atoms with Gasteiger partial charge in [0.15, 0.2) is 11.5 Å². The standard InChI is InChI=1S/C21H28N4O2/c1-2-9-23(8-1)10-6-18-13-24(15-19-5-7-22-25(19)14-18)12-17-3-4-20-21(11-17)27-16-26-20/h3-5,7,11,18H,1-2,6,8-10,12-16H2/t18-/m0/s1. The molecule has 6 heteroatoms. The average Bonchev–Trinajstić information content (AvgIpc) is 3.41. The Hall–Kier alpha value is -2.05. The van der Waals surface area contributed by atoms with Crippen LogP contribution in [-0.4, -0.2) is 52.6 Å². The molecule has 0 spiro atoms. The summed E-state index contributed by atoms with van der Waals surface area (Å²) in [7, 11) is 0. The normalized spacial score (nSPS) is 22.7. The molecule has 0 amide bonds. The molecule has 1 aromatic heterocycles. The van der Waals surface area contributed by atoms with Crippen molar-refractivity contribution in [1.82, 2.24) is 19.6 Å². The summed E-state index contributed by atoms with van der Waals surface area (Å²) in [5.74, 6) is 2.37. The Labute approximate surface area is 160 Å². The minimum Gasteiger partial charge on any atom is -0.454 e. The second-order valence-electron chi connectivity index (χ2n) is 8.07. The van der Waals surface area contributed by atoms with Crippen LogP contribution in [0.2, 0.25) is 0 Å². The van der Waals surface area contributed by atoms with Crippen molar-refractivity contribution in [1.29, 1.82) is 0 Å². The van der Waals surface area contributed by atoms with Crippen molar-refractivity contribution in [3.8, 4) is 11.5 Å². The molecule has 6 nitrogen and oxygen atoms in total. The Kier molecular flexibility index (Phi) is 4.76. The van der Waals surface area contributed by atoms with Crippen molar-refractivity contribution in [2.24, 2.45) is 5.92 Å². The number of rotatable bonds is 5. The zero-order valence-corrected chi connectivity index (χ0v) is 15.8. The van der Waals surface area contributed by atoms with Crippen LogP contribution >= 0.6 is 0 Å². The molecule has 1 saturated heterocycles. The molecule has 27 heavy (non-hydrogen) atoms. The Bertz CT molecular complexity index is 784. The number of benzene rings is 1. The number of fused-ring (bicyclic) bond motifs is 2. The second-order valence-corrected chi connectivity index (χ2v) is 8.07. The summed E-state index contributed by atoms with van der Waals surface area (Å²) in [5, 5.41) is 4.58. The van der Waals surface area contributed by atoms with E-state index in [-0.39, 0.29) is 0 Å². The fourth-order valence-corrected chi connectivity index (χ4v) is 4.59. The summed E-state index contributed by atoms with van der Waals surface area (Å²) < 4.78 is 13.2. The number of hydrogen-bond acceptors (Lipinski definition) is 5. The maximum Gasteiger partial charge on any atom is 0.231 e. The molecule has 0 saturated carbocycles. The number of hydrogen-bond donors (Lipinski definition) is 0. The molecule has 2 aromatic rings. The summed E-state index contributed by atoms with van der Waals surface area (Å²) in [5.41, 5.74) is 2.60. The molecule has 0 unspecified atom stereocenters. The van der Waals surface area contributed by atoms with Gasteiger partial charge in [0.25, 0.3) is 0 Å². The molecular formula is C21H28N4O2. The van der Waals surface area contributed by atoms with Gasteiger partial charge >= 0.3 is 0 Å². The zero-order valence-electron chi connectivity index (χ0n) is 15.8. The van der Waals surface area contributed by atoms with Gasteiger partial charge in [-0.2, -0.15) is 5.10 Å². The van der Waals surface area contributed by atoms with E-state index in [1.54, 1.807) is 0 Å². The third kappa shape index (κ3) is 3.82.